The number of ether oxygens (including phenoxy) is 1. The third-order valence-electron chi connectivity index (χ3n) is 4.06. The van der Waals surface area contributed by atoms with Gasteiger partial charge in [0.1, 0.15) is 5.69 Å². The van der Waals surface area contributed by atoms with Gasteiger partial charge in [-0.25, -0.2) is 9.78 Å². The molecule has 0 radical (unpaired) electrons. The SMILES string of the molecule is COC(=O)c1ccc(/C=C/c2cnc3nc(NC(=O)C(C)(C)C)[nH]c(=O)c3c2)[nH]1. The van der Waals surface area contributed by atoms with Gasteiger partial charge in [-0.3, -0.25) is 19.9 Å². The van der Waals surface area contributed by atoms with Crippen LogP contribution >= 0.6 is 0 Å². The largest absolute Gasteiger partial charge is 0.464 e. The number of nitrogens with one attached hydrogen (secondary N) is 3. The molecule has 0 unspecified atom stereocenters. The van der Waals surface area contributed by atoms with Crippen LogP contribution < -0.4 is 10.9 Å². The molecular weight excluding hydrogens is 374 g/mol. The summed E-state index contributed by atoms with van der Waals surface area (Å²) < 4.78 is 4.65. The number of pyridine rings is 1. The molecule has 29 heavy (non-hydrogen) atoms. The fourth-order valence-corrected chi connectivity index (χ4v) is 2.41. The number of carbonyl (C=O) groups excluding carboxylic acids is 2. The standard InChI is InChI=1S/C20H21N5O4/c1-20(2,3)18(28)25-19-23-15-13(16(26)24-19)9-11(10-21-15)5-6-12-7-8-14(22-12)17(27)29-4/h5-10,22H,1-4H3,(H2,21,23,24,25,26,28)/b6-5+. The van der Waals surface area contributed by atoms with Gasteiger partial charge in [0, 0.05) is 17.3 Å². The number of anilines is 1. The number of rotatable bonds is 4. The minimum Gasteiger partial charge on any atom is -0.464 e. The van der Waals surface area contributed by atoms with Crippen LogP contribution in [-0.4, -0.2) is 38.9 Å². The molecule has 3 N–H and O–H groups in total. The van der Waals surface area contributed by atoms with Gasteiger partial charge in [0.15, 0.2) is 5.65 Å². The first kappa shape index (κ1) is 20.0. The highest BCUT2D eigenvalue weighted by molar-refractivity contribution is 5.93. The molecule has 3 rings (SSSR count). The lowest BCUT2D eigenvalue weighted by Crippen LogP contribution is -2.29. The number of esters is 1. The lowest BCUT2D eigenvalue weighted by atomic mass is 9.96. The summed E-state index contributed by atoms with van der Waals surface area (Å²) in [6.07, 6.45) is 5.05. The molecule has 3 aromatic heterocycles. The van der Waals surface area contributed by atoms with Crippen molar-refractivity contribution in [1.29, 1.82) is 0 Å². The molecule has 0 bridgehead atoms. The van der Waals surface area contributed by atoms with Gasteiger partial charge in [0.25, 0.3) is 5.56 Å². The Labute approximate surface area is 166 Å². The van der Waals surface area contributed by atoms with E-state index in [0.717, 1.165) is 0 Å². The van der Waals surface area contributed by atoms with E-state index >= 15 is 0 Å². The summed E-state index contributed by atoms with van der Waals surface area (Å²) >= 11 is 0. The number of aromatic nitrogens is 4. The number of nitrogens with zero attached hydrogens (tertiary/aromatic N) is 2. The molecule has 0 aliphatic heterocycles. The van der Waals surface area contributed by atoms with E-state index in [-0.39, 0.29) is 17.5 Å². The molecule has 0 saturated carbocycles. The van der Waals surface area contributed by atoms with Crippen molar-refractivity contribution in [2.24, 2.45) is 5.41 Å². The smallest absolute Gasteiger partial charge is 0.354 e. The van der Waals surface area contributed by atoms with Crippen LogP contribution in [0.4, 0.5) is 5.95 Å². The van der Waals surface area contributed by atoms with Crippen molar-refractivity contribution in [2.45, 2.75) is 20.8 Å². The summed E-state index contributed by atoms with van der Waals surface area (Å²) in [5, 5.41) is 2.88. The first-order valence-corrected chi connectivity index (χ1v) is 8.84. The number of hydrogen-bond donors (Lipinski definition) is 3. The molecule has 0 aliphatic carbocycles. The number of fused-ring (bicyclic) bond motifs is 1. The predicted molar refractivity (Wildman–Crippen MR) is 109 cm³/mol. The molecule has 150 valence electrons. The average Bonchev–Trinajstić information content (AvgIpc) is 3.14. The molecular formula is C20H21N5O4. The van der Waals surface area contributed by atoms with Crippen LogP contribution in [-0.2, 0) is 9.53 Å². The minimum atomic E-state index is -0.624. The second-order valence-electron chi connectivity index (χ2n) is 7.41. The first-order chi connectivity index (χ1) is 13.7. The van der Waals surface area contributed by atoms with E-state index in [1.807, 2.05) is 0 Å². The van der Waals surface area contributed by atoms with Crippen molar-refractivity contribution in [3.8, 4) is 0 Å². The summed E-state index contributed by atoms with van der Waals surface area (Å²) in [6, 6.07) is 4.99. The van der Waals surface area contributed by atoms with Crippen molar-refractivity contribution in [1.82, 2.24) is 19.9 Å². The Hall–Kier alpha value is -3.75. The number of amides is 1. The second-order valence-corrected chi connectivity index (χ2v) is 7.41. The van der Waals surface area contributed by atoms with Crippen LogP contribution in [0.15, 0.2) is 29.2 Å². The molecule has 0 atom stereocenters. The van der Waals surface area contributed by atoms with E-state index in [0.29, 0.717) is 22.3 Å². The quantitative estimate of drug-likeness (QED) is 0.582. The Bertz CT molecular complexity index is 1170. The summed E-state index contributed by atoms with van der Waals surface area (Å²) in [6.45, 7) is 5.28. The normalized spacial score (nSPS) is 11.7. The van der Waals surface area contributed by atoms with Crippen LogP contribution in [0.2, 0.25) is 0 Å². The highest BCUT2D eigenvalue weighted by Crippen LogP contribution is 2.16. The van der Waals surface area contributed by atoms with Crippen molar-refractivity contribution in [2.75, 3.05) is 12.4 Å². The van der Waals surface area contributed by atoms with Gasteiger partial charge >= 0.3 is 5.97 Å². The number of aromatic amines is 2. The fraction of sp³-hybridized carbons (Fsp3) is 0.250. The van der Waals surface area contributed by atoms with Crippen molar-refractivity contribution < 1.29 is 14.3 Å². The average molecular weight is 395 g/mol. The van der Waals surface area contributed by atoms with Gasteiger partial charge in [-0.15, -0.1) is 0 Å². The topological polar surface area (TPSA) is 130 Å². The molecule has 9 heteroatoms. The van der Waals surface area contributed by atoms with Gasteiger partial charge in [-0.1, -0.05) is 26.8 Å². The van der Waals surface area contributed by atoms with Crippen LogP contribution in [0.5, 0.6) is 0 Å². The molecule has 0 aliphatic rings. The Balaban J connectivity index is 1.85. The van der Waals surface area contributed by atoms with Gasteiger partial charge in [-0.2, -0.15) is 4.98 Å². The highest BCUT2D eigenvalue weighted by atomic mass is 16.5. The van der Waals surface area contributed by atoms with E-state index < -0.39 is 16.9 Å². The zero-order valence-corrected chi connectivity index (χ0v) is 16.5. The first-order valence-electron chi connectivity index (χ1n) is 8.84. The van der Waals surface area contributed by atoms with Gasteiger partial charge < -0.3 is 9.72 Å². The molecule has 0 saturated heterocycles. The maximum atomic E-state index is 12.4. The van der Waals surface area contributed by atoms with Crippen LogP contribution in [0.3, 0.4) is 0 Å². The third kappa shape index (κ3) is 4.57. The summed E-state index contributed by atoms with van der Waals surface area (Å²) in [5.74, 6) is -0.666. The Morgan fingerprint density at radius 3 is 2.62 bits per heavy atom. The van der Waals surface area contributed by atoms with Gasteiger partial charge in [-0.05, 0) is 29.8 Å². The lowest BCUT2D eigenvalue weighted by molar-refractivity contribution is -0.123. The molecule has 3 aromatic rings. The van der Waals surface area contributed by atoms with E-state index in [2.05, 4.69) is 30.0 Å². The van der Waals surface area contributed by atoms with E-state index in [4.69, 9.17) is 0 Å². The van der Waals surface area contributed by atoms with Crippen molar-refractivity contribution >= 4 is 41.0 Å². The molecule has 0 aromatic carbocycles. The Kier molecular flexibility index (Phi) is 5.31. The van der Waals surface area contributed by atoms with Crippen LogP contribution in [0, 0.1) is 5.41 Å². The molecule has 9 nitrogen and oxygen atoms in total. The third-order valence-corrected chi connectivity index (χ3v) is 4.06. The zero-order chi connectivity index (χ0) is 21.2. The van der Waals surface area contributed by atoms with Crippen LogP contribution in [0.1, 0.15) is 42.5 Å². The van der Waals surface area contributed by atoms with E-state index in [1.165, 1.54) is 7.11 Å². The predicted octanol–water partition coefficient (Wildman–Crippen LogP) is 2.59. The van der Waals surface area contributed by atoms with E-state index in [9.17, 15) is 14.4 Å². The monoisotopic (exact) mass is 395 g/mol. The fourth-order valence-electron chi connectivity index (χ4n) is 2.41. The maximum Gasteiger partial charge on any atom is 0.354 e. The Morgan fingerprint density at radius 2 is 1.93 bits per heavy atom. The summed E-state index contributed by atoms with van der Waals surface area (Å²) in [7, 11) is 1.31. The lowest BCUT2D eigenvalue weighted by Gasteiger charge is -2.16. The van der Waals surface area contributed by atoms with Gasteiger partial charge in [0.05, 0.1) is 12.5 Å². The summed E-state index contributed by atoms with van der Waals surface area (Å²) in [5.41, 5.74) is 0.900. The van der Waals surface area contributed by atoms with Crippen molar-refractivity contribution in [3.63, 3.8) is 0 Å². The molecule has 0 spiro atoms. The number of methoxy groups -OCH3 is 1. The Morgan fingerprint density at radius 1 is 1.17 bits per heavy atom. The van der Waals surface area contributed by atoms with Crippen LogP contribution in [0.25, 0.3) is 23.2 Å². The molecule has 1 amide bonds. The number of carbonyl (C=O) groups is 2. The minimum absolute atomic E-state index is 0.0555. The van der Waals surface area contributed by atoms with E-state index in [1.54, 1.807) is 57.3 Å². The van der Waals surface area contributed by atoms with Crippen molar-refractivity contribution in [3.05, 3.63) is 51.7 Å². The molecule has 3 heterocycles. The molecule has 0 fully saturated rings. The second kappa shape index (κ2) is 7.70. The maximum absolute atomic E-state index is 12.4. The summed E-state index contributed by atoms with van der Waals surface area (Å²) in [4.78, 5) is 49.8. The zero-order valence-electron chi connectivity index (χ0n) is 16.5. The van der Waals surface area contributed by atoms with Gasteiger partial charge in [0.2, 0.25) is 11.9 Å². The number of H-pyrrole nitrogens is 2. The number of hydrogen-bond acceptors (Lipinski definition) is 6. The highest BCUT2D eigenvalue weighted by Gasteiger charge is 2.22.